The summed E-state index contributed by atoms with van der Waals surface area (Å²) in [6, 6.07) is 0. The molecule has 0 spiro atoms. The van der Waals surface area contributed by atoms with Crippen LogP contribution in [0.15, 0.2) is 0 Å². The molecule has 3 nitrogen and oxygen atoms in total. The fourth-order valence-corrected chi connectivity index (χ4v) is 0. The Morgan fingerprint density at radius 3 is 1.22 bits per heavy atom. The first-order chi connectivity index (χ1) is 4.24. The van der Waals surface area contributed by atoms with Crippen LogP contribution in [0.1, 0.15) is 13.8 Å². The normalized spacial score (nSPS) is 6.11. The minimum atomic E-state index is 0. The Morgan fingerprint density at radius 2 is 1.22 bits per heavy atom. The second kappa shape index (κ2) is 44.2. The van der Waals surface area contributed by atoms with Crippen LogP contribution in [0.4, 0.5) is 0 Å². The molecule has 0 aromatic rings. The third kappa shape index (κ3) is 92600. The van der Waals surface area contributed by atoms with Gasteiger partial charge < -0.3 is 10.2 Å². The molecule has 0 saturated carbocycles. The molecule has 0 fully saturated rings. The summed E-state index contributed by atoms with van der Waals surface area (Å²) in [4.78, 5) is 0. The van der Waals surface area contributed by atoms with Crippen LogP contribution in [0.2, 0.25) is 0 Å². The van der Waals surface area contributed by atoms with Gasteiger partial charge in [0.1, 0.15) is 0 Å². The molecule has 0 amide bonds. The fourth-order valence-electron chi connectivity index (χ4n) is 0. The van der Waals surface area contributed by atoms with E-state index in [9.17, 15) is 0 Å². The molecule has 4 heteroatoms. The summed E-state index contributed by atoms with van der Waals surface area (Å²) in [5, 5.41) is 17.9. The van der Waals surface area contributed by atoms with Gasteiger partial charge in [-0.3, -0.25) is 0 Å². The van der Waals surface area contributed by atoms with Gasteiger partial charge in [-0.15, -0.1) is 13.2 Å². The average Bonchev–Trinajstić information content (AvgIpc) is 1.70. The second-order valence-corrected chi connectivity index (χ2v) is 0.813. The zero-order valence-electron chi connectivity index (χ0n) is 6.22. The number of rotatable bonds is 0. The number of hydrogen-bond donors (Lipinski definition) is 0. The molecule has 0 heterocycles. The van der Waals surface area contributed by atoms with Crippen molar-refractivity contribution in [3.63, 3.8) is 0 Å². The average molecular weight is 132 g/mol. The van der Waals surface area contributed by atoms with Gasteiger partial charge in [0.2, 0.25) is 0 Å². The van der Waals surface area contributed by atoms with Gasteiger partial charge >= 0.3 is 19.8 Å². The second-order valence-electron chi connectivity index (χ2n) is 0.813. The third-order valence-corrected chi connectivity index (χ3v) is 0. The van der Waals surface area contributed by atoms with E-state index in [4.69, 9.17) is 10.2 Å². The molecule has 0 aliphatic rings. The zero-order valence-corrected chi connectivity index (χ0v) is 6.22. The van der Waals surface area contributed by atoms with Crippen LogP contribution >= 0.6 is 0 Å². The van der Waals surface area contributed by atoms with E-state index < -0.39 is 0 Å². The van der Waals surface area contributed by atoms with E-state index in [1.54, 1.807) is 13.8 Å². The van der Waals surface area contributed by atoms with Crippen molar-refractivity contribution in [2.24, 2.45) is 0 Å². The Balaban J connectivity index is -0.0000000600. The monoisotopic (exact) mass is 132 g/mol. The van der Waals surface area contributed by atoms with E-state index in [0.29, 0.717) is 0 Å². The van der Waals surface area contributed by atoms with Crippen LogP contribution in [0.5, 0.6) is 0 Å². The third-order valence-electron chi connectivity index (χ3n) is 0. The molecule has 0 saturated heterocycles. The molecular formula is C5H13BO3. The van der Waals surface area contributed by atoms with Crippen molar-refractivity contribution >= 4 is 8.05 Å². The first kappa shape index (κ1) is 16.0. The van der Waals surface area contributed by atoms with E-state index in [1.165, 1.54) is 7.11 Å². The van der Waals surface area contributed by atoms with Gasteiger partial charge in [0, 0.05) is 0 Å². The summed E-state index contributed by atoms with van der Waals surface area (Å²) in [7, 11) is 5.75. The maximum absolute atomic E-state index is 8.93. The molecule has 0 bridgehead atoms. The summed E-state index contributed by atoms with van der Waals surface area (Å²) in [6.45, 7) is 3.14. The Hall–Kier alpha value is -0.0551. The van der Waals surface area contributed by atoms with Gasteiger partial charge in [0.05, 0.1) is 0 Å². The molecule has 0 aromatic carbocycles. The van der Waals surface area contributed by atoms with E-state index in [0.717, 1.165) is 0 Å². The van der Waals surface area contributed by atoms with Crippen molar-refractivity contribution in [2.45, 2.75) is 13.8 Å². The van der Waals surface area contributed by atoms with Gasteiger partial charge in [0.25, 0.3) is 0 Å². The Kier molecular flexibility index (Phi) is 78.4. The van der Waals surface area contributed by atoms with E-state index in [-0.39, 0.29) is 13.2 Å². The van der Waals surface area contributed by atoms with Gasteiger partial charge in [-0.1, -0.05) is 13.8 Å². The molecule has 0 rings (SSSR count). The van der Waals surface area contributed by atoms with Crippen molar-refractivity contribution in [2.75, 3.05) is 20.3 Å². The Labute approximate surface area is 58.1 Å². The molecule has 54 valence electrons. The van der Waals surface area contributed by atoms with Gasteiger partial charge in [-0.25, -0.2) is 0 Å². The molecule has 0 atom stereocenters. The molecule has 0 aliphatic carbocycles. The van der Waals surface area contributed by atoms with Crippen molar-refractivity contribution in [1.29, 1.82) is 0 Å². The van der Waals surface area contributed by atoms with E-state index in [1.807, 2.05) is 0 Å². The van der Waals surface area contributed by atoms with E-state index in [2.05, 4.69) is 12.7 Å². The zero-order chi connectivity index (χ0) is 8.12. The summed E-state index contributed by atoms with van der Waals surface area (Å²) >= 11 is 0. The van der Waals surface area contributed by atoms with Gasteiger partial charge in [-0.05, 0) is 0 Å². The molecule has 0 aromatic heterocycles. The van der Waals surface area contributed by atoms with Gasteiger partial charge in [-0.2, -0.15) is 0 Å². The summed E-state index contributed by atoms with van der Waals surface area (Å²) in [6.07, 6.45) is 0. The Morgan fingerprint density at radius 1 is 1.22 bits per heavy atom. The fraction of sp³-hybridized carbons (Fsp3) is 1.00. The number of hydrogen-bond acceptors (Lipinski definition) is 3. The summed E-state index contributed by atoms with van der Waals surface area (Å²) < 4.78 is 3.75. The SMILES string of the molecule is CC[O-].CC[O-].[B+2]OC. The van der Waals surface area contributed by atoms with Crippen molar-refractivity contribution in [3.05, 3.63) is 0 Å². The molecule has 0 N–H and O–H groups in total. The van der Waals surface area contributed by atoms with Crippen molar-refractivity contribution in [1.82, 2.24) is 0 Å². The van der Waals surface area contributed by atoms with Crippen LogP contribution in [0.25, 0.3) is 0 Å². The standard InChI is InChI=1S/2C2H5O.CH3BO/c2*1-2-3;1-3-2/h2*2H2,1H3;1H3/q2*-1;+2. The van der Waals surface area contributed by atoms with Crippen LogP contribution in [0, 0.1) is 0 Å². The summed E-state index contributed by atoms with van der Waals surface area (Å²) in [5.74, 6) is 0. The van der Waals surface area contributed by atoms with Crippen LogP contribution < -0.4 is 10.2 Å². The van der Waals surface area contributed by atoms with Crippen molar-refractivity contribution in [3.8, 4) is 0 Å². The predicted octanol–water partition coefficient (Wildman–Crippen LogP) is -1.55. The molecular weight excluding hydrogens is 119 g/mol. The molecule has 9 heavy (non-hydrogen) atoms. The molecule has 0 unspecified atom stereocenters. The van der Waals surface area contributed by atoms with Crippen molar-refractivity contribution < 1.29 is 14.9 Å². The van der Waals surface area contributed by atoms with E-state index >= 15 is 0 Å². The van der Waals surface area contributed by atoms with Crippen LogP contribution in [-0.4, -0.2) is 28.4 Å². The first-order valence-electron chi connectivity index (χ1n) is 2.64. The quantitative estimate of drug-likeness (QED) is 0.375. The topological polar surface area (TPSA) is 55.3 Å². The molecule has 0 aliphatic heterocycles. The summed E-state index contributed by atoms with van der Waals surface area (Å²) in [5.41, 5.74) is 0. The first-order valence-corrected chi connectivity index (χ1v) is 2.64. The van der Waals surface area contributed by atoms with Crippen LogP contribution in [-0.2, 0) is 4.65 Å². The van der Waals surface area contributed by atoms with Gasteiger partial charge in [0.15, 0.2) is 0 Å². The predicted molar refractivity (Wildman–Crippen MR) is 33.8 cm³/mol. The maximum atomic E-state index is 8.93. The Bertz CT molecular complexity index is 16.9. The minimum absolute atomic E-state index is 0. The molecule has 0 radical (unpaired) electrons. The van der Waals surface area contributed by atoms with Crippen LogP contribution in [0.3, 0.4) is 0 Å².